The van der Waals surface area contributed by atoms with Crippen LogP contribution in [0.4, 0.5) is 0 Å². The number of hydrogen-bond donors (Lipinski definition) is 0. The quantitative estimate of drug-likeness (QED) is 0.129. The molecule has 0 heterocycles. The van der Waals surface area contributed by atoms with E-state index in [9.17, 15) is 9.59 Å². The van der Waals surface area contributed by atoms with Gasteiger partial charge in [0, 0.05) is 15.8 Å². The zero-order valence-corrected chi connectivity index (χ0v) is 28.0. The number of carbonyl (C=O) groups excluding carboxylic acids is 2. The lowest BCUT2D eigenvalue weighted by Crippen LogP contribution is -2.58. The fourth-order valence-electron chi connectivity index (χ4n) is 2.92. The minimum atomic E-state index is -2.11. The molecule has 0 spiro atoms. The minimum Gasteiger partial charge on any atom is -0.411 e. The normalized spacial score (nSPS) is 15.6. The van der Waals surface area contributed by atoms with E-state index in [1.165, 1.54) is 6.92 Å². The van der Waals surface area contributed by atoms with E-state index in [-0.39, 0.29) is 23.2 Å². The summed E-state index contributed by atoms with van der Waals surface area (Å²) in [4.78, 5) is 24.7. The van der Waals surface area contributed by atoms with Crippen LogP contribution in [0.5, 0.6) is 0 Å². The molecule has 0 rings (SSSR count). The van der Waals surface area contributed by atoms with Crippen molar-refractivity contribution in [1.82, 2.24) is 0 Å². The van der Waals surface area contributed by atoms with Gasteiger partial charge in [0.2, 0.25) is 6.73 Å². The van der Waals surface area contributed by atoms with Crippen molar-refractivity contribution >= 4 is 47.1 Å². The molecule has 0 aromatic rings. The number of quaternary nitrogens is 1. The van der Waals surface area contributed by atoms with Crippen LogP contribution in [0.3, 0.4) is 0 Å². The highest BCUT2D eigenvalue weighted by Gasteiger charge is 2.47. The maximum absolute atomic E-state index is 12.9. The molecule has 11 heteroatoms. The van der Waals surface area contributed by atoms with Gasteiger partial charge in [0.25, 0.3) is 0 Å². The van der Waals surface area contributed by atoms with Gasteiger partial charge in [-0.15, -0.1) is 0 Å². The average molecular weight is 523 g/mol. The first kappa shape index (κ1) is 31.6. The van der Waals surface area contributed by atoms with E-state index in [4.69, 9.17) is 18.0 Å². The molecule has 1 unspecified atom stereocenters. The van der Waals surface area contributed by atoms with Gasteiger partial charge in [-0.05, 0) is 78.0 Å². The summed E-state index contributed by atoms with van der Waals surface area (Å²) < 4.78 is 25.5. The van der Waals surface area contributed by atoms with Crippen LogP contribution in [0.25, 0.3) is 0 Å². The van der Waals surface area contributed by atoms with Crippen LogP contribution in [0.15, 0.2) is 11.6 Å². The Kier molecular flexibility index (Phi) is 11.2. The number of esters is 1. The molecule has 0 saturated heterocycles. The number of rotatable bonds is 12. The van der Waals surface area contributed by atoms with E-state index < -0.39 is 36.7 Å². The minimum absolute atomic E-state index is 0.0361. The molecular formula is C21H48NO6Si4+. The largest absolute Gasteiger partial charge is 0.411 e. The summed E-state index contributed by atoms with van der Waals surface area (Å²) in [5.74, 6) is -1.72. The molecule has 0 bridgehead atoms. The molecule has 0 fully saturated rings. The first-order valence-electron chi connectivity index (χ1n) is 11.3. The Labute approximate surface area is 202 Å². The number of amides is 1. The second-order valence-corrected chi connectivity index (χ2v) is 26.0. The molecule has 188 valence electrons. The number of carbonyl (C=O) groups is 2. The summed E-state index contributed by atoms with van der Waals surface area (Å²) in [6, 6.07) is 0.812. The third-order valence-corrected chi connectivity index (χ3v) is 7.95. The fourth-order valence-corrected chi connectivity index (χ4v) is 7.64. The van der Waals surface area contributed by atoms with Gasteiger partial charge in [-0.1, -0.05) is 0 Å². The second-order valence-electron chi connectivity index (χ2n) is 11.9. The third-order valence-electron chi connectivity index (χ3n) is 4.36. The van der Waals surface area contributed by atoms with Crippen LogP contribution in [-0.4, -0.2) is 84.3 Å². The van der Waals surface area contributed by atoms with Crippen molar-refractivity contribution in [3.63, 3.8) is 0 Å². The Balaban J connectivity index is 6.42. The van der Waals surface area contributed by atoms with Crippen LogP contribution >= 0.6 is 0 Å². The summed E-state index contributed by atoms with van der Waals surface area (Å²) in [6.07, 6.45) is 1.48. The van der Waals surface area contributed by atoms with Gasteiger partial charge >= 0.3 is 11.9 Å². The molecule has 0 aliphatic heterocycles. The lowest BCUT2D eigenvalue weighted by molar-refractivity contribution is -0.832. The molecule has 0 saturated carbocycles. The van der Waals surface area contributed by atoms with Crippen molar-refractivity contribution in [1.29, 1.82) is 0 Å². The van der Waals surface area contributed by atoms with Gasteiger partial charge in [-0.25, -0.2) is 14.1 Å². The van der Waals surface area contributed by atoms with E-state index >= 15 is 0 Å². The molecule has 0 aromatic heterocycles. The van der Waals surface area contributed by atoms with Crippen LogP contribution in [0.2, 0.25) is 65.0 Å². The highest BCUT2D eigenvalue weighted by Crippen LogP contribution is 2.35. The lowest BCUT2D eigenvalue weighted by atomic mass is 10.1. The molecule has 1 atom stereocenters. The van der Waals surface area contributed by atoms with E-state index in [2.05, 4.69) is 58.9 Å². The predicted molar refractivity (Wildman–Crippen MR) is 142 cm³/mol. The summed E-state index contributed by atoms with van der Waals surface area (Å²) in [5.41, 5.74) is 0.393. The summed E-state index contributed by atoms with van der Waals surface area (Å²) in [5, 5.41) is 0. The van der Waals surface area contributed by atoms with Crippen molar-refractivity contribution in [2.45, 2.75) is 90.7 Å². The second kappa shape index (κ2) is 11.3. The van der Waals surface area contributed by atoms with E-state index in [0.717, 1.165) is 16.3 Å². The number of ether oxygens (including phenoxy) is 1. The van der Waals surface area contributed by atoms with Crippen molar-refractivity contribution in [3.05, 3.63) is 11.6 Å². The zero-order chi connectivity index (χ0) is 25.8. The Bertz CT molecular complexity index is 674. The molecule has 32 heavy (non-hydrogen) atoms. The standard InChI is InChI=1S/C21H48NO6Si4/c1-17(20(24)25-16-22(3,4)18(2)23)14-21(27-31(8,9)10,28-32(11,12)13)19(15-29)26-30(5,6)7/h14,19H,15-16H2,1-13,29H3/q+1. The van der Waals surface area contributed by atoms with Gasteiger partial charge < -0.3 is 18.0 Å². The van der Waals surface area contributed by atoms with Crippen LogP contribution < -0.4 is 0 Å². The number of hydrogen-bond acceptors (Lipinski definition) is 6. The van der Waals surface area contributed by atoms with Crippen LogP contribution in [0.1, 0.15) is 13.8 Å². The van der Waals surface area contributed by atoms with E-state index in [1.807, 2.05) is 0 Å². The fraction of sp³-hybridized carbons (Fsp3) is 0.810. The summed E-state index contributed by atoms with van der Waals surface area (Å²) in [6.45, 7) is 22.3. The molecular weight excluding hydrogens is 475 g/mol. The Hall–Kier alpha value is -0.412. The van der Waals surface area contributed by atoms with Crippen molar-refractivity contribution in [2.24, 2.45) is 0 Å². The molecule has 0 N–H and O–H groups in total. The molecule has 7 nitrogen and oxygen atoms in total. The van der Waals surface area contributed by atoms with E-state index in [1.54, 1.807) is 27.1 Å². The number of nitrogens with zero attached hydrogens (tertiary/aromatic N) is 1. The van der Waals surface area contributed by atoms with Gasteiger partial charge in [-0.2, -0.15) is 0 Å². The Morgan fingerprint density at radius 2 is 1.34 bits per heavy atom. The van der Waals surface area contributed by atoms with Crippen molar-refractivity contribution in [2.75, 3.05) is 20.8 Å². The molecule has 1 amide bonds. The van der Waals surface area contributed by atoms with E-state index in [0.29, 0.717) is 5.57 Å². The van der Waals surface area contributed by atoms with Gasteiger partial charge in [0.15, 0.2) is 30.7 Å². The lowest BCUT2D eigenvalue weighted by Gasteiger charge is -2.47. The highest BCUT2D eigenvalue weighted by atomic mass is 28.4. The van der Waals surface area contributed by atoms with Crippen molar-refractivity contribution in [3.8, 4) is 0 Å². The predicted octanol–water partition coefficient (Wildman–Crippen LogP) is 3.46. The maximum Gasteiger partial charge on any atom is 0.337 e. The summed E-state index contributed by atoms with van der Waals surface area (Å²) in [7, 11) is -1.82. The van der Waals surface area contributed by atoms with Gasteiger partial charge in [-0.3, -0.25) is 0 Å². The van der Waals surface area contributed by atoms with Gasteiger partial charge in [0.05, 0.1) is 27.1 Å². The molecule has 0 aromatic carbocycles. The van der Waals surface area contributed by atoms with Crippen LogP contribution in [0, 0.1) is 0 Å². The molecule has 0 aliphatic carbocycles. The zero-order valence-electron chi connectivity index (χ0n) is 23.0. The smallest absolute Gasteiger partial charge is 0.337 e. The SMILES string of the molecule is CC(=O)[N+](C)(C)COC(=O)C(C)=CC(O[Si](C)(C)C)(O[Si](C)(C)C)C(C[SiH3])O[Si](C)(C)C. The van der Waals surface area contributed by atoms with Gasteiger partial charge in [0.1, 0.15) is 0 Å². The highest BCUT2D eigenvalue weighted by molar-refractivity contribution is 6.71. The molecule has 0 radical (unpaired) electrons. The Morgan fingerprint density at radius 1 is 0.906 bits per heavy atom. The first-order valence-corrected chi connectivity index (χ1v) is 23.0. The third kappa shape index (κ3) is 11.6. The maximum atomic E-state index is 12.9. The topological polar surface area (TPSA) is 71.1 Å². The average Bonchev–Trinajstić information content (AvgIpc) is 2.53. The Morgan fingerprint density at radius 3 is 1.66 bits per heavy atom. The molecule has 0 aliphatic rings. The monoisotopic (exact) mass is 522 g/mol. The van der Waals surface area contributed by atoms with Crippen LogP contribution in [-0.2, 0) is 27.6 Å². The summed E-state index contributed by atoms with van der Waals surface area (Å²) >= 11 is 0. The van der Waals surface area contributed by atoms with Crippen molar-refractivity contribution < 1.29 is 32.1 Å². The first-order chi connectivity index (χ1) is 14.0.